The summed E-state index contributed by atoms with van der Waals surface area (Å²) in [6, 6.07) is 8.60. The number of carboxylic acid groups (broad SMARTS) is 1. The molecule has 0 bridgehead atoms. The Labute approximate surface area is 152 Å². The molecule has 2 rings (SSSR count). The largest absolute Gasteiger partial charge is 0.872 e. The first-order valence-electron chi connectivity index (χ1n) is 6.73. The molecular formula is C16H12Cl2NO4S-. The Hall–Kier alpha value is -1.89. The Morgan fingerprint density at radius 3 is 2.46 bits per heavy atom. The molecule has 0 aliphatic heterocycles. The van der Waals surface area contributed by atoms with E-state index in [0.29, 0.717) is 15.8 Å². The lowest BCUT2D eigenvalue weighted by atomic mass is 10.1. The molecule has 0 fully saturated rings. The van der Waals surface area contributed by atoms with Crippen molar-refractivity contribution in [2.45, 2.75) is 5.75 Å². The summed E-state index contributed by atoms with van der Waals surface area (Å²) in [7, 11) is 0. The van der Waals surface area contributed by atoms with Crippen molar-refractivity contribution in [1.29, 1.82) is 0 Å². The van der Waals surface area contributed by atoms with Gasteiger partial charge in [0, 0.05) is 15.8 Å². The highest BCUT2D eigenvalue weighted by atomic mass is 35.5. The van der Waals surface area contributed by atoms with Gasteiger partial charge in [0.15, 0.2) is 0 Å². The van der Waals surface area contributed by atoms with Crippen LogP contribution in [0.15, 0.2) is 36.4 Å². The smallest absolute Gasteiger partial charge is 0.337 e. The van der Waals surface area contributed by atoms with Gasteiger partial charge >= 0.3 is 5.97 Å². The zero-order valence-corrected chi connectivity index (χ0v) is 14.5. The summed E-state index contributed by atoms with van der Waals surface area (Å²) in [5.74, 6) is -1.58. The van der Waals surface area contributed by atoms with Crippen LogP contribution in [0.2, 0.25) is 10.0 Å². The molecular weight excluding hydrogens is 373 g/mol. The van der Waals surface area contributed by atoms with Gasteiger partial charge in [-0.1, -0.05) is 41.4 Å². The molecule has 0 atom stereocenters. The van der Waals surface area contributed by atoms with Crippen molar-refractivity contribution in [3.63, 3.8) is 0 Å². The van der Waals surface area contributed by atoms with E-state index in [1.54, 1.807) is 18.2 Å². The van der Waals surface area contributed by atoms with E-state index in [1.165, 1.54) is 23.9 Å². The van der Waals surface area contributed by atoms with E-state index in [4.69, 9.17) is 28.3 Å². The van der Waals surface area contributed by atoms with Gasteiger partial charge in [-0.3, -0.25) is 4.79 Å². The number of nitrogens with one attached hydrogen (secondary N) is 1. The molecule has 0 radical (unpaired) electrons. The second kappa shape index (κ2) is 8.28. The van der Waals surface area contributed by atoms with Crippen LogP contribution >= 0.6 is 35.0 Å². The maximum atomic E-state index is 12.0. The van der Waals surface area contributed by atoms with Gasteiger partial charge < -0.3 is 15.5 Å². The Kier molecular flexibility index (Phi) is 6.36. The number of carboxylic acids is 1. The molecule has 2 aromatic carbocycles. The Morgan fingerprint density at radius 1 is 1.17 bits per heavy atom. The maximum Gasteiger partial charge on any atom is 0.337 e. The van der Waals surface area contributed by atoms with E-state index in [2.05, 4.69) is 5.32 Å². The van der Waals surface area contributed by atoms with Crippen molar-refractivity contribution in [2.24, 2.45) is 0 Å². The summed E-state index contributed by atoms with van der Waals surface area (Å²) < 4.78 is 0. The first-order chi connectivity index (χ1) is 11.4. The minimum absolute atomic E-state index is 0.0831. The molecule has 0 aliphatic carbocycles. The maximum absolute atomic E-state index is 12.0. The van der Waals surface area contributed by atoms with Gasteiger partial charge in [0.1, 0.15) is 0 Å². The molecule has 0 saturated carbocycles. The van der Waals surface area contributed by atoms with Crippen LogP contribution in [0, 0.1) is 0 Å². The van der Waals surface area contributed by atoms with E-state index >= 15 is 0 Å². The van der Waals surface area contributed by atoms with Gasteiger partial charge in [-0.05, 0) is 23.8 Å². The third-order valence-electron chi connectivity index (χ3n) is 3.04. The van der Waals surface area contributed by atoms with Crippen LogP contribution in [0.5, 0.6) is 5.75 Å². The number of hydrogen-bond acceptors (Lipinski definition) is 4. The average molecular weight is 385 g/mol. The lowest BCUT2D eigenvalue weighted by Crippen LogP contribution is -2.17. The summed E-state index contributed by atoms with van der Waals surface area (Å²) in [5.41, 5.74) is 0.582. The normalized spacial score (nSPS) is 10.4. The number of aromatic carboxylic acids is 1. The van der Waals surface area contributed by atoms with Crippen LogP contribution < -0.4 is 10.4 Å². The summed E-state index contributed by atoms with van der Waals surface area (Å²) >= 11 is 13.4. The second-order valence-electron chi connectivity index (χ2n) is 4.75. The molecule has 0 spiro atoms. The van der Waals surface area contributed by atoms with Gasteiger partial charge in [-0.25, -0.2) is 4.79 Å². The van der Waals surface area contributed by atoms with Crippen LogP contribution in [0.3, 0.4) is 0 Å². The van der Waals surface area contributed by atoms with E-state index in [9.17, 15) is 14.7 Å². The first-order valence-corrected chi connectivity index (χ1v) is 8.64. The first kappa shape index (κ1) is 18.4. The van der Waals surface area contributed by atoms with Crippen LogP contribution in [0.4, 0.5) is 5.69 Å². The molecule has 1 amide bonds. The Morgan fingerprint density at radius 2 is 1.83 bits per heavy atom. The lowest BCUT2D eigenvalue weighted by Gasteiger charge is -2.12. The number of benzene rings is 2. The zero-order valence-electron chi connectivity index (χ0n) is 12.2. The molecule has 0 aromatic heterocycles. The molecule has 24 heavy (non-hydrogen) atoms. The molecule has 2 N–H and O–H groups in total. The third kappa shape index (κ3) is 4.80. The number of thioether (sulfide) groups is 1. The minimum Gasteiger partial charge on any atom is -0.872 e. The van der Waals surface area contributed by atoms with E-state index in [0.717, 1.165) is 11.6 Å². The predicted octanol–water partition coefficient (Wildman–Crippen LogP) is 3.64. The molecule has 8 heteroatoms. The predicted molar refractivity (Wildman–Crippen MR) is 94.1 cm³/mol. The van der Waals surface area contributed by atoms with Gasteiger partial charge in [-0.15, -0.1) is 17.5 Å². The Balaban J connectivity index is 1.96. The molecule has 0 heterocycles. The fraction of sp³-hybridized carbons (Fsp3) is 0.125. The molecule has 5 nitrogen and oxygen atoms in total. The highest BCUT2D eigenvalue weighted by Crippen LogP contribution is 2.28. The SMILES string of the molecule is O=C(CSCc1c(Cl)cccc1Cl)Nc1ccc([O-])cc1C(=O)O. The average Bonchev–Trinajstić information content (AvgIpc) is 2.52. The molecule has 0 unspecified atom stereocenters. The second-order valence-corrected chi connectivity index (χ2v) is 6.55. The number of rotatable bonds is 6. The van der Waals surface area contributed by atoms with Crippen molar-refractivity contribution in [1.82, 2.24) is 0 Å². The Bertz CT molecular complexity index is 762. The third-order valence-corrected chi connectivity index (χ3v) is 4.70. The zero-order chi connectivity index (χ0) is 17.7. The molecule has 126 valence electrons. The van der Waals surface area contributed by atoms with Crippen LogP contribution in [0.25, 0.3) is 0 Å². The van der Waals surface area contributed by atoms with Crippen molar-refractivity contribution < 1.29 is 19.8 Å². The number of hydrogen-bond donors (Lipinski definition) is 2. The fourth-order valence-corrected chi connectivity index (χ4v) is 3.48. The number of carbonyl (C=O) groups excluding carboxylic acids is 1. The minimum atomic E-state index is -1.28. The summed E-state index contributed by atoms with van der Waals surface area (Å²) in [6.45, 7) is 0. The highest BCUT2D eigenvalue weighted by Gasteiger charge is 2.13. The van der Waals surface area contributed by atoms with Crippen molar-refractivity contribution in [3.8, 4) is 5.75 Å². The highest BCUT2D eigenvalue weighted by molar-refractivity contribution is 7.99. The standard InChI is InChI=1S/C16H13Cl2NO4S/c17-12-2-1-3-13(18)11(12)7-24-8-15(21)19-14-5-4-9(20)6-10(14)16(22)23/h1-6,20H,7-8H2,(H,19,21)(H,22,23)/p-1. The monoisotopic (exact) mass is 384 g/mol. The number of amides is 1. The number of halogens is 2. The van der Waals surface area contributed by atoms with E-state index in [1.807, 2.05) is 0 Å². The summed E-state index contributed by atoms with van der Waals surface area (Å²) in [5, 5.41) is 23.8. The summed E-state index contributed by atoms with van der Waals surface area (Å²) in [6.07, 6.45) is 0. The molecule has 2 aromatic rings. The van der Waals surface area contributed by atoms with Crippen molar-refractivity contribution in [2.75, 3.05) is 11.1 Å². The lowest BCUT2D eigenvalue weighted by molar-refractivity contribution is -0.268. The van der Waals surface area contributed by atoms with E-state index in [-0.39, 0.29) is 22.9 Å². The molecule has 0 saturated heterocycles. The van der Waals surface area contributed by atoms with Gasteiger partial charge in [0.05, 0.1) is 17.0 Å². The van der Waals surface area contributed by atoms with Crippen molar-refractivity contribution in [3.05, 3.63) is 57.6 Å². The van der Waals surface area contributed by atoms with Gasteiger partial charge in [0.25, 0.3) is 0 Å². The quantitative estimate of drug-likeness (QED) is 0.793. The fourth-order valence-electron chi connectivity index (χ4n) is 1.91. The number of carbonyl (C=O) groups is 2. The van der Waals surface area contributed by atoms with Gasteiger partial charge in [0.2, 0.25) is 5.91 Å². The van der Waals surface area contributed by atoms with Crippen LogP contribution in [-0.4, -0.2) is 22.7 Å². The van der Waals surface area contributed by atoms with E-state index < -0.39 is 11.7 Å². The van der Waals surface area contributed by atoms with Crippen molar-refractivity contribution >= 4 is 52.5 Å². The molecule has 0 aliphatic rings. The van der Waals surface area contributed by atoms with Gasteiger partial charge in [-0.2, -0.15) is 0 Å². The van der Waals surface area contributed by atoms with Crippen LogP contribution in [-0.2, 0) is 10.5 Å². The number of anilines is 1. The summed E-state index contributed by atoms with van der Waals surface area (Å²) in [4.78, 5) is 23.1. The van der Waals surface area contributed by atoms with Crippen LogP contribution in [0.1, 0.15) is 15.9 Å². The topological polar surface area (TPSA) is 89.5 Å².